The number of hydrogen-bond donors (Lipinski definition) is 1. The lowest BCUT2D eigenvalue weighted by molar-refractivity contribution is -0.0511. The van der Waals surface area contributed by atoms with E-state index >= 15 is 0 Å². The Labute approximate surface area is 67.6 Å². The highest BCUT2D eigenvalue weighted by Gasteiger charge is 2.44. The molecule has 0 atom stereocenters. The number of nitrogens with one attached hydrogen (secondary N) is 1. The van der Waals surface area contributed by atoms with Gasteiger partial charge in [0, 0.05) is 6.54 Å². The molecule has 0 radical (unpaired) electrons. The molecular weight excluding hydrogens is 138 g/mol. The van der Waals surface area contributed by atoms with Crippen molar-refractivity contribution in [3.05, 3.63) is 11.6 Å². The van der Waals surface area contributed by atoms with E-state index < -0.39 is 0 Å². The summed E-state index contributed by atoms with van der Waals surface area (Å²) in [5, 5.41) is 3.48. The Kier molecular flexibility index (Phi) is 1.55. The van der Waals surface area contributed by atoms with Crippen molar-refractivity contribution in [3.8, 4) is 0 Å². The summed E-state index contributed by atoms with van der Waals surface area (Å²) in [6, 6.07) is 0. The van der Waals surface area contributed by atoms with Crippen molar-refractivity contribution < 1.29 is 4.74 Å². The fourth-order valence-corrected chi connectivity index (χ4v) is 2.02. The zero-order chi connectivity index (χ0) is 7.90. The van der Waals surface area contributed by atoms with Crippen LogP contribution in [0.5, 0.6) is 0 Å². The van der Waals surface area contributed by atoms with E-state index in [1.165, 1.54) is 0 Å². The molecule has 1 spiro atoms. The molecule has 0 amide bonds. The van der Waals surface area contributed by atoms with Gasteiger partial charge in [-0.2, -0.15) is 0 Å². The van der Waals surface area contributed by atoms with E-state index in [9.17, 15) is 0 Å². The molecule has 2 heteroatoms. The Balaban J connectivity index is 2.17. The SMILES string of the molecule is CC(C)C1=CCNC12COC2. The Hall–Kier alpha value is -0.340. The van der Waals surface area contributed by atoms with E-state index in [0.29, 0.717) is 5.92 Å². The van der Waals surface area contributed by atoms with Gasteiger partial charge in [-0.15, -0.1) is 0 Å². The average molecular weight is 153 g/mol. The largest absolute Gasteiger partial charge is 0.377 e. The molecule has 0 bridgehead atoms. The van der Waals surface area contributed by atoms with Crippen LogP contribution in [0.1, 0.15) is 13.8 Å². The maximum absolute atomic E-state index is 5.24. The summed E-state index contributed by atoms with van der Waals surface area (Å²) in [7, 11) is 0. The van der Waals surface area contributed by atoms with Gasteiger partial charge < -0.3 is 10.1 Å². The highest BCUT2D eigenvalue weighted by Crippen LogP contribution is 2.33. The van der Waals surface area contributed by atoms with Crippen LogP contribution in [0, 0.1) is 5.92 Å². The monoisotopic (exact) mass is 153 g/mol. The molecule has 1 saturated heterocycles. The second-order valence-corrected chi connectivity index (χ2v) is 3.77. The second-order valence-electron chi connectivity index (χ2n) is 3.77. The number of hydrogen-bond acceptors (Lipinski definition) is 2. The Morgan fingerprint density at radius 2 is 2.27 bits per heavy atom. The summed E-state index contributed by atoms with van der Waals surface area (Å²) in [6.07, 6.45) is 2.31. The van der Waals surface area contributed by atoms with Gasteiger partial charge in [0.25, 0.3) is 0 Å². The minimum atomic E-state index is 0.244. The van der Waals surface area contributed by atoms with Crippen molar-refractivity contribution >= 4 is 0 Å². The lowest BCUT2D eigenvalue weighted by Crippen LogP contribution is -2.59. The van der Waals surface area contributed by atoms with Crippen LogP contribution in [0.15, 0.2) is 11.6 Å². The lowest BCUT2D eigenvalue weighted by Gasteiger charge is -2.42. The van der Waals surface area contributed by atoms with Gasteiger partial charge in [0.1, 0.15) is 0 Å². The summed E-state index contributed by atoms with van der Waals surface area (Å²) in [5.41, 5.74) is 1.79. The van der Waals surface area contributed by atoms with Gasteiger partial charge in [-0.05, 0) is 11.5 Å². The van der Waals surface area contributed by atoms with Gasteiger partial charge in [-0.3, -0.25) is 0 Å². The van der Waals surface area contributed by atoms with E-state index in [2.05, 4.69) is 25.2 Å². The first-order valence-electron chi connectivity index (χ1n) is 4.28. The van der Waals surface area contributed by atoms with Crippen molar-refractivity contribution in [1.29, 1.82) is 0 Å². The molecule has 62 valence electrons. The van der Waals surface area contributed by atoms with Crippen molar-refractivity contribution in [1.82, 2.24) is 5.32 Å². The molecular formula is C9H15NO. The van der Waals surface area contributed by atoms with Crippen LogP contribution < -0.4 is 5.32 Å². The molecule has 0 saturated carbocycles. The third-order valence-electron chi connectivity index (χ3n) is 2.63. The van der Waals surface area contributed by atoms with Crippen molar-refractivity contribution in [2.45, 2.75) is 19.4 Å². The van der Waals surface area contributed by atoms with E-state index in [-0.39, 0.29) is 5.54 Å². The lowest BCUT2D eigenvalue weighted by atomic mass is 9.83. The topological polar surface area (TPSA) is 21.3 Å². The van der Waals surface area contributed by atoms with Crippen LogP contribution >= 0.6 is 0 Å². The third-order valence-corrected chi connectivity index (χ3v) is 2.63. The minimum absolute atomic E-state index is 0.244. The highest BCUT2D eigenvalue weighted by atomic mass is 16.5. The number of ether oxygens (including phenoxy) is 1. The predicted octanol–water partition coefficient (Wildman–Crippen LogP) is 0.941. The van der Waals surface area contributed by atoms with Crippen molar-refractivity contribution in [2.24, 2.45) is 5.92 Å². The molecule has 1 fully saturated rings. The zero-order valence-corrected chi connectivity index (χ0v) is 7.18. The summed E-state index contributed by atoms with van der Waals surface area (Å²) in [5.74, 6) is 0.661. The zero-order valence-electron chi connectivity index (χ0n) is 7.18. The quantitative estimate of drug-likeness (QED) is 0.566. The van der Waals surface area contributed by atoms with Crippen molar-refractivity contribution in [2.75, 3.05) is 19.8 Å². The minimum Gasteiger partial charge on any atom is -0.377 e. The first-order chi connectivity index (χ1) is 5.25. The van der Waals surface area contributed by atoms with Crippen LogP contribution in [-0.4, -0.2) is 25.3 Å². The van der Waals surface area contributed by atoms with E-state index in [1.54, 1.807) is 5.57 Å². The van der Waals surface area contributed by atoms with Crippen LogP contribution in [0.3, 0.4) is 0 Å². The predicted molar refractivity (Wildman–Crippen MR) is 44.5 cm³/mol. The van der Waals surface area contributed by atoms with Gasteiger partial charge in [-0.1, -0.05) is 19.9 Å². The number of rotatable bonds is 1. The molecule has 0 aliphatic carbocycles. The second kappa shape index (κ2) is 2.32. The molecule has 2 nitrogen and oxygen atoms in total. The normalized spacial score (nSPS) is 27.4. The fourth-order valence-electron chi connectivity index (χ4n) is 2.02. The summed E-state index contributed by atoms with van der Waals surface area (Å²) in [6.45, 7) is 7.27. The van der Waals surface area contributed by atoms with Crippen LogP contribution in [0.25, 0.3) is 0 Å². The van der Waals surface area contributed by atoms with Crippen LogP contribution in [-0.2, 0) is 4.74 Å². The van der Waals surface area contributed by atoms with Gasteiger partial charge in [-0.25, -0.2) is 0 Å². The van der Waals surface area contributed by atoms with Crippen molar-refractivity contribution in [3.63, 3.8) is 0 Å². The summed E-state index contributed by atoms with van der Waals surface area (Å²) < 4.78 is 5.24. The summed E-state index contributed by atoms with van der Waals surface area (Å²) in [4.78, 5) is 0. The average Bonchev–Trinajstić information content (AvgIpc) is 2.27. The van der Waals surface area contributed by atoms with Gasteiger partial charge >= 0.3 is 0 Å². The van der Waals surface area contributed by atoms with E-state index in [4.69, 9.17) is 4.74 Å². The van der Waals surface area contributed by atoms with E-state index in [1.807, 2.05) is 0 Å². The first-order valence-corrected chi connectivity index (χ1v) is 4.28. The Morgan fingerprint density at radius 3 is 2.64 bits per heavy atom. The van der Waals surface area contributed by atoms with Gasteiger partial charge in [0.15, 0.2) is 0 Å². The maximum Gasteiger partial charge on any atom is 0.0873 e. The molecule has 11 heavy (non-hydrogen) atoms. The smallest absolute Gasteiger partial charge is 0.0873 e. The molecule has 2 aliphatic heterocycles. The summed E-state index contributed by atoms with van der Waals surface area (Å²) >= 11 is 0. The first kappa shape index (κ1) is 7.32. The standard InChI is InChI=1S/C9H15NO/c1-7(2)8-3-4-10-9(8)5-11-6-9/h3,7,10H,4-6H2,1-2H3. The van der Waals surface area contributed by atoms with Gasteiger partial charge in [0.05, 0.1) is 18.8 Å². The van der Waals surface area contributed by atoms with Crippen LogP contribution in [0.2, 0.25) is 0 Å². The fraction of sp³-hybridized carbons (Fsp3) is 0.778. The third kappa shape index (κ3) is 0.932. The molecule has 2 rings (SSSR count). The van der Waals surface area contributed by atoms with Crippen LogP contribution in [0.4, 0.5) is 0 Å². The van der Waals surface area contributed by atoms with E-state index in [0.717, 1.165) is 19.8 Å². The maximum atomic E-state index is 5.24. The Morgan fingerprint density at radius 1 is 1.55 bits per heavy atom. The molecule has 0 unspecified atom stereocenters. The molecule has 0 aromatic rings. The highest BCUT2D eigenvalue weighted by molar-refractivity contribution is 5.30. The molecule has 1 N–H and O–H groups in total. The molecule has 2 heterocycles. The molecule has 0 aromatic heterocycles. The van der Waals surface area contributed by atoms with Gasteiger partial charge in [0.2, 0.25) is 0 Å². The Bertz CT molecular complexity index is 192. The molecule has 0 aromatic carbocycles. The molecule has 2 aliphatic rings.